The standard InChI is InChI=1S/C57H37N5/c1-3-17-38(18-4-1)40-33-34-45(54(37-40)62-52-31-13-9-27-48(52)49-28-10-14-32-53(49)62)41-21-15-22-42(35-41)56-58-55(39-19-5-2-6-20-39)59-57(60-56)43-23-16-24-44(36-43)61-50-29-11-7-25-46(50)47-26-8-12-30-51(47)61/h1-37H. The van der Waals surface area contributed by atoms with Crippen molar-refractivity contribution in [2.24, 2.45) is 0 Å². The molecule has 0 bridgehead atoms. The average molecular weight is 792 g/mol. The number of rotatable bonds is 7. The van der Waals surface area contributed by atoms with Crippen LogP contribution in [0, 0.1) is 0 Å². The van der Waals surface area contributed by atoms with E-state index >= 15 is 0 Å². The predicted octanol–water partition coefficient (Wildman–Crippen LogP) is 14.4. The predicted molar refractivity (Wildman–Crippen MR) is 256 cm³/mol. The van der Waals surface area contributed by atoms with E-state index in [4.69, 9.17) is 15.0 Å². The topological polar surface area (TPSA) is 48.5 Å². The highest BCUT2D eigenvalue weighted by Gasteiger charge is 2.19. The fourth-order valence-corrected chi connectivity index (χ4v) is 9.11. The largest absolute Gasteiger partial charge is 0.309 e. The van der Waals surface area contributed by atoms with Gasteiger partial charge in [0.15, 0.2) is 17.5 Å². The van der Waals surface area contributed by atoms with E-state index in [1.54, 1.807) is 0 Å². The van der Waals surface area contributed by atoms with Crippen molar-refractivity contribution in [3.63, 3.8) is 0 Å². The van der Waals surface area contributed by atoms with Crippen molar-refractivity contribution in [1.82, 2.24) is 24.1 Å². The van der Waals surface area contributed by atoms with Crippen LogP contribution in [-0.4, -0.2) is 24.1 Å². The summed E-state index contributed by atoms with van der Waals surface area (Å²) in [7, 11) is 0. The Balaban J connectivity index is 1.03. The highest BCUT2D eigenvalue weighted by atomic mass is 15.0. The molecule has 0 aliphatic heterocycles. The van der Waals surface area contributed by atoms with Crippen molar-refractivity contribution < 1.29 is 0 Å². The Hall–Kier alpha value is -8.41. The lowest BCUT2D eigenvalue weighted by Gasteiger charge is -2.17. The summed E-state index contributed by atoms with van der Waals surface area (Å²) in [5, 5.41) is 4.89. The van der Waals surface area contributed by atoms with Crippen LogP contribution in [0.25, 0.3) is 111 Å². The van der Waals surface area contributed by atoms with Crippen LogP contribution in [0.2, 0.25) is 0 Å². The zero-order valence-electron chi connectivity index (χ0n) is 33.6. The molecular formula is C57H37N5. The molecule has 0 fully saturated rings. The molecule has 3 heterocycles. The van der Waals surface area contributed by atoms with Crippen LogP contribution in [0.1, 0.15) is 0 Å². The van der Waals surface area contributed by atoms with Gasteiger partial charge in [-0.15, -0.1) is 0 Å². The molecule has 0 aliphatic rings. The van der Waals surface area contributed by atoms with Gasteiger partial charge in [-0.1, -0.05) is 176 Å². The molecule has 0 spiro atoms. The fourth-order valence-electron chi connectivity index (χ4n) is 9.11. The molecule has 62 heavy (non-hydrogen) atoms. The van der Waals surface area contributed by atoms with Crippen molar-refractivity contribution in [3.8, 4) is 67.8 Å². The molecular weight excluding hydrogens is 755 g/mol. The zero-order chi connectivity index (χ0) is 41.0. The highest BCUT2D eigenvalue weighted by Crippen LogP contribution is 2.40. The molecule has 290 valence electrons. The zero-order valence-corrected chi connectivity index (χ0v) is 33.6. The van der Waals surface area contributed by atoms with Crippen molar-refractivity contribution in [1.29, 1.82) is 0 Å². The number of aromatic nitrogens is 5. The first kappa shape index (κ1) is 35.5. The lowest BCUT2D eigenvalue weighted by atomic mass is 9.96. The monoisotopic (exact) mass is 791 g/mol. The summed E-state index contributed by atoms with van der Waals surface area (Å²) < 4.78 is 4.74. The number of benzene rings is 9. The number of nitrogens with zero attached hydrogens (tertiary/aromatic N) is 5. The van der Waals surface area contributed by atoms with Gasteiger partial charge in [0.05, 0.1) is 27.8 Å². The molecule has 0 radical (unpaired) electrons. The molecule has 9 aromatic carbocycles. The summed E-state index contributed by atoms with van der Waals surface area (Å²) in [4.78, 5) is 15.6. The maximum atomic E-state index is 5.25. The van der Waals surface area contributed by atoms with Crippen LogP contribution < -0.4 is 0 Å². The summed E-state index contributed by atoms with van der Waals surface area (Å²) in [6.07, 6.45) is 0. The molecule has 5 nitrogen and oxygen atoms in total. The van der Waals surface area contributed by atoms with Gasteiger partial charge in [0.1, 0.15) is 0 Å². The normalized spacial score (nSPS) is 11.5. The van der Waals surface area contributed by atoms with Gasteiger partial charge in [0, 0.05) is 49.5 Å². The number of hydrogen-bond donors (Lipinski definition) is 0. The molecule has 0 saturated heterocycles. The molecule has 12 rings (SSSR count). The Labute approximate surface area is 358 Å². The SMILES string of the molecule is c1ccc(-c2ccc(-c3cccc(-c4nc(-c5ccccc5)nc(-c5cccc(-n6c7ccccc7c7ccccc76)c5)n4)c3)c(-n3c4ccccc4c4ccccc43)c2)cc1. The van der Waals surface area contributed by atoms with E-state index in [0.717, 1.165) is 66.8 Å². The highest BCUT2D eigenvalue weighted by molar-refractivity contribution is 6.10. The number of para-hydroxylation sites is 4. The van der Waals surface area contributed by atoms with Gasteiger partial charge in [-0.25, -0.2) is 15.0 Å². The van der Waals surface area contributed by atoms with Crippen LogP contribution in [0.4, 0.5) is 0 Å². The molecule has 0 N–H and O–H groups in total. The van der Waals surface area contributed by atoms with Crippen molar-refractivity contribution in [3.05, 3.63) is 224 Å². The first-order valence-electron chi connectivity index (χ1n) is 20.9. The van der Waals surface area contributed by atoms with Crippen LogP contribution in [0.15, 0.2) is 224 Å². The van der Waals surface area contributed by atoms with E-state index in [1.807, 2.05) is 18.2 Å². The molecule has 0 aliphatic carbocycles. The second-order valence-electron chi connectivity index (χ2n) is 15.6. The van der Waals surface area contributed by atoms with Gasteiger partial charge in [0.25, 0.3) is 0 Å². The third kappa shape index (κ3) is 5.98. The second kappa shape index (κ2) is 14.7. The van der Waals surface area contributed by atoms with Crippen LogP contribution in [0.3, 0.4) is 0 Å². The van der Waals surface area contributed by atoms with E-state index < -0.39 is 0 Å². The Kier molecular flexibility index (Phi) is 8.42. The smallest absolute Gasteiger partial charge is 0.164 e. The van der Waals surface area contributed by atoms with Crippen LogP contribution in [0.5, 0.6) is 0 Å². The summed E-state index contributed by atoms with van der Waals surface area (Å²) >= 11 is 0. The number of hydrogen-bond acceptors (Lipinski definition) is 3. The van der Waals surface area contributed by atoms with Gasteiger partial charge >= 0.3 is 0 Å². The lowest BCUT2D eigenvalue weighted by molar-refractivity contribution is 1.07. The molecule has 12 aromatic rings. The van der Waals surface area contributed by atoms with E-state index in [9.17, 15) is 0 Å². The Bertz CT molecular complexity index is 3530. The molecule has 0 saturated carbocycles. The minimum Gasteiger partial charge on any atom is -0.309 e. The third-order valence-corrected chi connectivity index (χ3v) is 12.0. The minimum atomic E-state index is 0.609. The molecule has 0 unspecified atom stereocenters. The lowest BCUT2D eigenvalue weighted by Crippen LogP contribution is -2.01. The Morgan fingerprint density at radius 1 is 0.258 bits per heavy atom. The van der Waals surface area contributed by atoms with E-state index in [2.05, 4.69) is 215 Å². The van der Waals surface area contributed by atoms with Gasteiger partial charge < -0.3 is 9.13 Å². The molecule has 0 amide bonds. The first-order chi connectivity index (χ1) is 30.7. The molecule has 3 aromatic heterocycles. The Morgan fingerprint density at radius 3 is 1.24 bits per heavy atom. The van der Waals surface area contributed by atoms with E-state index in [1.165, 1.54) is 27.1 Å². The van der Waals surface area contributed by atoms with Crippen LogP contribution in [-0.2, 0) is 0 Å². The van der Waals surface area contributed by atoms with Crippen molar-refractivity contribution >= 4 is 43.6 Å². The summed E-state index contributed by atoms with van der Waals surface area (Å²) in [6.45, 7) is 0. The summed E-state index contributed by atoms with van der Waals surface area (Å²) in [6, 6.07) is 79.3. The van der Waals surface area contributed by atoms with E-state index in [-0.39, 0.29) is 0 Å². The van der Waals surface area contributed by atoms with Crippen molar-refractivity contribution in [2.75, 3.05) is 0 Å². The maximum absolute atomic E-state index is 5.25. The van der Waals surface area contributed by atoms with Gasteiger partial charge in [-0.3, -0.25) is 0 Å². The van der Waals surface area contributed by atoms with E-state index in [0.29, 0.717) is 17.5 Å². The second-order valence-corrected chi connectivity index (χ2v) is 15.6. The van der Waals surface area contributed by atoms with Gasteiger partial charge in [-0.05, 0) is 65.2 Å². The quantitative estimate of drug-likeness (QED) is 0.162. The summed E-state index contributed by atoms with van der Waals surface area (Å²) in [5.41, 5.74) is 14.0. The Morgan fingerprint density at radius 2 is 0.677 bits per heavy atom. The molecule has 5 heteroatoms. The van der Waals surface area contributed by atoms with Gasteiger partial charge in [0.2, 0.25) is 0 Å². The average Bonchev–Trinajstić information content (AvgIpc) is 3.87. The third-order valence-electron chi connectivity index (χ3n) is 12.0. The van der Waals surface area contributed by atoms with Crippen molar-refractivity contribution in [2.45, 2.75) is 0 Å². The fraction of sp³-hybridized carbons (Fsp3) is 0. The maximum Gasteiger partial charge on any atom is 0.164 e. The van der Waals surface area contributed by atoms with Crippen LogP contribution >= 0.6 is 0 Å². The number of fused-ring (bicyclic) bond motifs is 6. The first-order valence-corrected chi connectivity index (χ1v) is 20.9. The summed E-state index contributed by atoms with van der Waals surface area (Å²) in [5.74, 6) is 1.84. The minimum absolute atomic E-state index is 0.609. The molecule has 0 atom stereocenters. The van der Waals surface area contributed by atoms with Gasteiger partial charge in [-0.2, -0.15) is 0 Å².